The molecule has 3 atom stereocenters. The molecule has 158 valence electrons. The van der Waals surface area contributed by atoms with Crippen LogP contribution < -0.4 is 0 Å². The molecule has 0 radical (unpaired) electrons. The van der Waals surface area contributed by atoms with Crippen LogP contribution in [0.15, 0.2) is 42.6 Å². The summed E-state index contributed by atoms with van der Waals surface area (Å²) in [6, 6.07) is 11.5. The molecular formula is C24H25ClFNO3. The Hall–Kier alpha value is -1.92. The summed E-state index contributed by atoms with van der Waals surface area (Å²) in [6.07, 6.45) is 4.41. The van der Waals surface area contributed by atoms with Crippen molar-refractivity contribution in [3.05, 3.63) is 70.1 Å². The minimum atomic E-state index is -0.583. The first-order valence-electron chi connectivity index (χ1n) is 10.5. The van der Waals surface area contributed by atoms with Gasteiger partial charge in [-0.3, -0.25) is 0 Å². The number of benzene rings is 2. The largest absolute Gasteiger partial charge is 0.394 e. The van der Waals surface area contributed by atoms with E-state index < -0.39 is 24.3 Å². The molecule has 1 saturated carbocycles. The van der Waals surface area contributed by atoms with Crippen LogP contribution in [0, 0.1) is 5.82 Å². The van der Waals surface area contributed by atoms with Gasteiger partial charge in [0.2, 0.25) is 0 Å². The Labute approximate surface area is 179 Å². The monoisotopic (exact) mass is 429 g/mol. The van der Waals surface area contributed by atoms with Gasteiger partial charge in [0.05, 0.1) is 29.4 Å². The number of aromatic nitrogens is 1. The summed E-state index contributed by atoms with van der Waals surface area (Å²) in [7, 11) is 0. The highest BCUT2D eigenvalue weighted by Crippen LogP contribution is 2.40. The van der Waals surface area contributed by atoms with Gasteiger partial charge in [-0.05, 0) is 54.0 Å². The van der Waals surface area contributed by atoms with Crippen molar-refractivity contribution in [3.63, 3.8) is 0 Å². The van der Waals surface area contributed by atoms with Crippen molar-refractivity contribution in [2.45, 2.75) is 56.5 Å². The van der Waals surface area contributed by atoms with Gasteiger partial charge in [0, 0.05) is 24.4 Å². The molecule has 0 bridgehead atoms. The Morgan fingerprint density at radius 2 is 1.90 bits per heavy atom. The number of aliphatic hydroxyl groups excluding tert-OH is 2. The average Bonchev–Trinajstić information content (AvgIpc) is 3.50. The molecule has 2 fully saturated rings. The molecule has 5 rings (SSSR count). The number of aliphatic hydroxyl groups is 2. The fourth-order valence-corrected chi connectivity index (χ4v) is 4.88. The SMILES string of the molecule is OCC1CC(O)CC(n2cc(Cc3ccc(C4CC4)cc3)c3c(Cl)cc(F)cc32)O1. The van der Waals surface area contributed by atoms with Gasteiger partial charge in [0.15, 0.2) is 0 Å². The van der Waals surface area contributed by atoms with E-state index in [-0.39, 0.29) is 6.61 Å². The summed E-state index contributed by atoms with van der Waals surface area (Å²) in [5.74, 6) is 0.301. The molecule has 2 N–H and O–H groups in total. The normalized spacial score (nSPS) is 24.5. The summed E-state index contributed by atoms with van der Waals surface area (Å²) in [5, 5.41) is 20.9. The number of hydrogen-bond acceptors (Lipinski definition) is 3. The Morgan fingerprint density at radius 1 is 1.13 bits per heavy atom. The second-order valence-corrected chi connectivity index (χ2v) is 8.96. The van der Waals surface area contributed by atoms with Gasteiger partial charge >= 0.3 is 0 Å². The quantitative estimate of drug-likeness (QED) is 0.604. The minimum absolute atomic E-state index is 0.165. The number of fused-ring (bicyclic) bond motifs is 1. The van der Waals surface area contributed by atoms with Crippen molar-refractivity contribution in [2.24, 2.45) is 0 Å². The number of hydrogen-bond donors (Lipinski definition) is 2. The van der Waals surface area contributed by atoms with E-state index in [9.17, 15) is 14.6 Å². The average molecular weight is 430 g/mol. The van der Waals surface area contributed by atoms with E-state index in [1.165, 1.54) is 30.5 Å². The van der Waals surface area contributed by atoms with Crippen LogP contribution in [0.4, 0.5) is 4.39 Å². The van der Waals surface area contributed by atoms with Gasteiger partial charge < -0.3 is 19.5 Å². The topological polar surface area (TPSA) is 54.6 Å². The highest BCUT2D eigenvalue weighted by molar-refractivity contribution is 6.35. The van der Waals surface area contributed by atoms with E-state index in [2.05, 4.69) is 24.3 Å². The summed E-state index contributed by atoms with van der Waals surface area (Å²) < 4.78 is 22.0. The highest BCUT2D eigenvalue weighted by Gasteiger charge is 2.30. The van der Waals surface area contributed by atoms with E-state index in [1.807, 2.05) is 10.8 Å². The van der Waals surface area contributed by atoms with E-state index in [4.69, 9.17) is 16.3 Å². The van der Waals surface area contributed by atoms with Gasteiger partial charge in [-0.25, -0.2) is 4.39 Å². The third-order valence-electron chi connectivity index (χ3n) is 6.22. The van der Waals surface area contributed by atoms with Gasteiger partial charge in [-0.2, -0.15) is 0 Å². The van der Waals surface area contributed by atoms with E-state index in [1.54, 1.807) is 0 Å². The van der Waals surface area contributed by atoms with Crippen molar-refractivity contribution < 1.29 is 19.3 Å². The zero-order valence-electron chi connectivity index (χ0n) is 16.6. The number of rotatable bonds is 5. The van der Waals surface area contributed by atoms with Crippen LogP contribution >= 0.6 is 11.6 Å². The Kier molecular flexibility index (Phi) is 5.31. The highest BCUT2D eigenvalue weighted by atomic mass is 35.5. The maximum atomic E-state index is 14.2. The third kappa shape index (κ3) is 3.87. The lowest BCUT2D eigenvalue weighted by atomic mass is 10.0. The molecule has 0 amide bonds. The third-order valence-corrected chi connectivity index (χ3v) is 6.52. The minimum Gasteiger partial charge on any atom is -0.394 e. The van der Waals surface area contributed by atoms with Crippen molar-refractivity contribution >= 4 is 22.5 Å². The van der Waals surface area contributed by atoms with E-state index in [0.29, 0.717) is 35.7 Å². The summed E-state index contributed by atoms with van der Waals surface area (Å²) in [6.45, 7) is -0.165. The standard InChI is InChI=1S/C24H25ClFNO3/c25-21-8-18(26)9-22-24(21)17(7-14-1-3-15(4-2-14)16-5-6-16)12-27(22)23-11-19(29)10-20(13-28)30-23/h1-4,8-9,12,16,19-20,23,28-29H,5-7,10-11,13H2. The fourth-order valence-electron chi connectivity index (χ4n) is 4.56. The number of nitrogens with zero attached hydrogens (tertiary/aromatic N) is 1. The van der Waals surface area contributed by atoms with Gasteiger partial charge in [0.1, 0.15) is 12.0 Å². The van der Waals surface area contributed by atoms with Crippen LogP contribution in [0.25, 0.3) is 10.9 Å². The molecule has 1 aromatic heterocycles. The van der Waals surface area contributed by atoms with Crippen LogP contribution in [0.1, 0.15) is 54.5 Å². The molecule has 1 aliphatic heterocycles. The second kappa shape index (κ2) is 7.97. The maximum Gasteiger partial charge on any atom is 0.136 e. The van der Waals surface area contributed by atoms with Crippen molar-refractivity contribution in [3.8, 4) is 0 Å². The lowest BCUT2D eigenvalue weighted by Crippen LogP contribution is -2.35. The van der Waals surface area contributed by atoms with Gasteiger partial charge in [-0.1, -0.05) is 35.9 Å². The van der Waals surface area contributed by atoms with Crippen LogP contribution in [-0.2, 0) is 11.2 Å². The van der Waals surface area contributed by atoms with Gasteiger partial charge in [-0.15, -0.1) is 0 Å². The first-order valence-corrected chi connectivity index (χ1v) is 10.9. The number of halogens is 2. The molecule has 4 nitrogen and oxygen atoms in total. The van der Waals surface area contributed by atoms with E-state index >= 15 is 0 Å². The lowest BCUT2D eigenvalue weighted by molar-refractivity contribution is -0.140. The predicted molar refractivity (Wildman–Crippen MR) is 114 cm³/mol. The van der Waals surface area contributed by atoms with Gasteiger partial charge in [0.25, 0.3) is 0 Å². The Morgan fingerprint density at radius 3 is 2.60 bits per heavy atom. The fraction of sp³-hybridized carbons (Fsp3) is 0.417. The molecule has 2 heterocycles. The van der Waals surface area contributed by atoms with Crippen molar-refractivity contribution in [2.75, 3.05) is 6.61 Å². The molecular weight excluding hydrogens is 405 g/mol. The van der Waals surface area contributed by atoms with Crippen LogP contribution in [0.5, 0.6) is 0 Å². The van der Waals surface area contributed by atoms with Crippen LogP contribution in [0.2, 0.25) is 5.02 Å². The molecule has 3 aromatic rings. The molecule has 30 heavy (non-hydrogen) atoms. The molecule has 1 saturated heterocycles. The van der Waals surface area contributed by atoms with Crippen molar-refractivity contribution in [1.29, 1.82) is 0 Å². The molecule has 6 heteroatoms. The first kappa shape index (κ1) is 20.0. The van der Waals surface area contributed by atoms with E-state index in [0.717, 1.165) is 16.5 Å². The summed E-state index contributed by atoms with van der Waals surface area (Å²) in [5.41, 5.74) is 4.18. The predicted octanol–water partition coefficient (Wildman–Crippen LogP) is 4.93. The Balaban J connectivity index is 1.53. The first-order chi connectivity index (χ1) is 14.5. The Bertz CT molecular complexity index is 1060. The number of ether oxygens (including phenoxy) is 1. The molecule has 0 spiro atoms. The summed E-state index contributed by atoms with van der Waals surface area (Å²) in [4.78, 5) is 0. The molecule has 2 aliphatic rings. The smallest absolute Gasteiger partial charge is 0.136 e. The molecule has 2 aromatic carbocycles. The zero-order chi connectivity index (χ0) is 20.8. The molecule has 1 aliphatic carbocycles. The molecule has 3 unspecified atom stereocenters. The lowest BCUT2D eigenvalue weighted by Gasteiger charge is -2.33. The summed E-state index contributed by atoms with van der Waals surface area (Å²) >= 11 is 6.46. The second-order valence-electron chi connectivity index (χ2n) is 8.56. The van der Waals surface area contributed by atoms with Crippen LogP contribution in [-0.4, -0.2) is 33.6 Å². The van der Waals surface area contributed by atoms with Crippen LogP contribution in [0.3, 0.4) is 0 Å². The zero-order valence-corrected chi connectivity index (χ0v) is 17.4. The maximum absolute atomic E-state index is 14.2. The van der Waals surface area contributed by atoms with Crippen molar-refractivity contribution in [1.82, 2.24) is 4.57 Å².